The van der Waals surface area contributed by atoms with Crippen molar-refractivity contribution >= 4 is 29.0 Å². The molecule has 0 spiro atoms. The summed E-state index contributed by atoms with van der Waals surface area (Å²) in [6.07, 6.45) is -2.31. The van der Waals surface area contributed by atoms with Crippen LogP contribution in [-0.2, 0) is 4.74 Å². The van der Waals surface area contributed by atoms with Crippen molar-refractivity contribution in [3.63, 3.8) is 0 Å². The van der Waals surface area contributed by atoms with Crippen molar-refractivity contribution in [3.8, 4) is 0 Å². The molecule has 0 N–H and O–H groups in total. The highest BCUT2D eigenvalue weighted by molar-refractivity contribution is 14.1. The molecular formula is C13H22F3IN2O2. The van der Waals surface area contributed by atoms with Gasteiger partial charge in [-0.15, -0.1) is 0 Å². The van der Waals surface area contributed by atoms with Gasteiger partial charge < -0.3 is 4.74 Å². The highest BCUT2D eigenvalue weighted by Gasteiger charge is 2.30. The van der Waals surface area contributed by atoms with Gasteiger partial charge in [-0.1, -0.05) is 6.92 Å². The topological polar surface area (TPSA) is 32.8 Å². The molecule has 0 radical (unpaired) electrons. The minimum Gasteiger partial charge on any atom is -0.418 e. The summed E-state index contributed by atoms with van der Waals surface area (Å²) in [5, 5.41) is 0. The Hall–Kier alpha value is -0.510. The van der Waals surface area contributed by atoms with Gasteiger partial charge in [0.2, 0.25) is 0 Å². The second-order valence-electron chi connectivity index (χ2n) is 4.78. The number of nitrogens with zero attached hydrogens (tertiary/aromatic N) is 2. The molecular weight excluding hydrogens is 400 g/mol. The molecule has 0 fully saturated rings. The Morgan fingerprint density at radius 2 is 1.95 bits per heavy atom. The standard InChI is InChI=1S/C13H22F3IN2O2/c1-5-11(8-21-12(20)19(17)6-2)7-10(3)18(4)9-13(14,15)16/h8,10H,5-7,9H2,1-4H3/b11-8-/t10-/m1/s1. The van der Waals surface area contributed by atoms with Gasteiger partial charge in [0, 0.05) is 12.6 Å². The summed E-state index contributed by atoms with van der Waals surface area (Å²) in [6.45, 7) is 4.96. The van der Waals surface area contributed by atoms with Crippen molar-refractivity contribution in [2.45, 2.75) is 45.8 Å². The molecule has 0 aliphatic heterocycles. The first kappa shape index (κ1) is 20.5. The van der Waals surface area contributed by atoms with Crippen LogP contribution in [-0.4, -0.2) is 46.5 Å². The lowest BCUT2D eigenvalue weighted by Crippen LogP contribution is -2.37. The van der Waals surface area contributed by atoms with E-state index in [1.54, 1.807) is 6.92 Å². The van der Waals surface area contributed by atoms with Gasteiger partial charge in [-0.25, -0.2) is 7.91 Å². The second kappa shape index (κ2) is 9.50. The van der Waals surface area contributed by atoms with Crippen molar-refractivity contribution in [2.75, 3.05) is 20.1 Å². The predicted octanol–water partition coefficient (Wildman–Crippen LogP) is 4.36. The number of ether oxygens (including phenoxy) is 1. The number of alkyl halides is 3. The zero-order valence-electron chi connectivity index (χ0n) is 12.7. The highest BCUT2D eigenvalue weighted by Crippen LogP contribution is 2.20. The van der Waals surface area contributed by atoms with E-state index in [-0.39, 0.29) is 6.04 Å². The number of halogens is 4. The summed E-state index contributed by atoms with van der Waals surface area (Å²) < 4.78 is 43.4. The smallest absolute Gasteiger partial charge is 0.418 e. The van der Waals surface area contributed by atoms with E-state index < -0.39 is 18.8 Å². The van der Waals surface area contributed by atoms with Crippen molar-refractivity contribution in [3.05, 3.63) is 11.8 Å². The molecule has 0 aliphatic rings. The largest absolute Gasteiger partial charge is 0.423 e. The number of amides is 1. The Morgan fingerprint density at radius 3 is 2.38 bits per heavy atom. The van der Waals surface area contributed by atoms with Gasteiger partial charge in [0.1, 0.15) is 0 Å². The molecule has 0 aromatic carbocycles. The van der Waals surface area contributed by atoms with Crippen LogP contribution in [0.3, 0.4) is 0 Å². The summed E-state index contributed by atoms with van der Waals surface area (Å²) in [7, 11) is 1.43. The Kier molecular flexibility index (Phi) is 9.26. The SMILES string of the molecule is CC/C(=C/OC(=O)N(I)CC)C[C@@H](C)N(C)CC(F)(F)F. The molecule has 1 amide bonds. The van der Waals surface area contributed by atoms with Crippen LogP contribution in [0.1, 0.15) is 33.6 Å². The van der Waals surface area contributed by atoms with Gasteiger partial charge in [0.15, 0.2) is 0 Å². The van der Waals surface area contributed by atoms with E-state index in [1.807, 2.05) is 36.7 Å². The van der Waals surface area contributed by atoms with E-state index in [9.17, 15) is 18.0 Å². The molecule has 0 aromatic heterocycles. The minimum atomic E-state index is -4.21. The third-order valence-corrected chi connectivity index (χ3v) is 4.07. The first-order valence-electron chi connectivity index (χ1n) is 6.69. The molecule has 124 valence electrons. The minimum absolute atomic E-state index is 0.293. The molecule has 0 rings (SSSR count). The van der Waals surface area contributed by atoms with E-state index in [0.29, 0.717) is 19.4 Å². The van der Waals surface area contributed by atoms with Crippen molar-refractivity contribution in [1.82, 2.24) is 8.01 Å². The van der Waals surface area contributed by atoms with Gasteiger partial charge in [0.25, 0.3) is 0 Å². The van der Waals surface area contributed by atoms with Crippen LogP contribution in [0.25, 0.3) is 0 Å². The molecule has 0 aliphatic carbocycles. The maximum Gasteiger partial charge on any atom is 0.423 e. The highest BCUT2D eigenvalue weighted by atomic mass is 127. The second-order valence-corrected chi connectivity index (χ2v) is 5.94. The molecule has 0 saturated heterocycles. The van der Waals surface area contributed by atoms with Gasteiger partial charge >= 0.3 is 12.3 Å². The van der Waals surface area contributed by atoms with E-state index in [2.05, 4.69) is 0 Å². The zero-order valence-corrected chi connectivity index (χ0v) is 14.9. The van der Waals surface area contributed by atoms with E-state index in [1.165, 1.54) is 21.3 Å². The molecule has 0 saturated carbocycles. The number of hydrogen-bond acceptors (Lipinski definition) is 3. The maximum absolute atomic E-state index is 12.3. The van der Waals surface area contributed by atoms with Crippen LogP contribution < -0.4 is 0 Å². The molecule has 0 heterocycles. The summed E-state index contributed by atoms with van der Waals surface area (Å²) in [5.41, 5.74) is 0.797. The Labute approximate surface area is 137 Å². The molecule has 8 heteroatoms. The molecule has 1 atom stereocenters. The van der Waals surface area contributed by atoms with Crippen LogP contribution in [0.5, 0.6) is 0 Å². The molecule has 21 heavy (non-hydrogen) atoms. The van der Waals surface area contributed by atoms with E-state index in [0.717, 1.165) is 5.57 Å². The van der Waals surface area contributed by atoms with Crippen LogP contribution in [0.2, 0.25) is 0 Å². The zero-order chi connectivity index (χ0) is 16.6. The molecule has 4 nitrogen and oxygen atoms in total. The normalized spacial score (nSPS) is 14.2. The fourth-order valence-corrected chi connectivity index (χ4v) is 1.68. The Bertz CT molecular complexity index is 362. The molecule has 0 aromatic rings. The van der Waals surface area contributed by atoms with Crippen LogP contribution >= 0.6 is 22.9 Å². The Balaban J connectivity index is 4.51. The fraction of sp³-hybridized carbons (Fsp3) is 0.769. The number of rotatable bonds is 7. The van der Waals surface area contributed by atoms with E-state index >= 15 is 0 Å². The van der Waals surface area contributed by atoms with Gasteiger partial charge in [-0.2, -0.15) is 13.2 Å². The summed E-state index contributed by atoms with van der Waals surface area (Å²) in [5.74, 6) is 0. The third-order valence-electron chi connectivity index (χ3n) is 3.00. The molecule has 0 bridgehead atoms. The Morgan fingerprint density at radius 1 is 1.38 bits per heavy atom. The average molecular weight is 422 g/mol. The van der Waals surface area contributed by atoms with Crippen LogP contribution in [0, 0.1) is 0 Å². The lowest BCUT2D eigenvalue weighted by atomic mass is 10.1. The fourth-order valence-electron chi connectivity index (χ4n) is 1.57. The van der Waals surface area contributed by atoms with Crippen LogP contribution in [0.4, 0.5) is 18.0 Å². The number of carbonyl (C=O) groups excluding carboxylic acids is 1. The summed E-state index contributed by atoms with van der Waals surface area (Å²) >= 11 is 1.84. The van der Waals surface area contributed by atoms with Gasteiger partial charge in [-0.05, 0) is 39.3 Å². The average Bonchev–Trinajstić information content (AvgIpc) is 2.39. The number of hydrogen-bond donors (Lipinski definition) is 0. The lowest BCUT2D eigenvalue weighted by molar-refractivity contribution is -0.146. The first-order valence-corrected chi connectivity index (χ1v) is 7.66. The summed E-state index contributed by atoms with van der Waals surface area (Å²) in [6, 6.07) is -0.293. The van der Waals surface area contributed by atoms with Crippen molar-refractivity contribution in [2.24, 2.45) is 0 Å². The van der Waals surface area contributed by atoms with Crippen LogP contribution in [0.15, 0.2) is 11.8 Å². The summed E-state index contributed by atoms with van der Waals surface area (Å²) in [4.78, 5) is 12.7. The quantitative estimate of drug-likeness (QED) is 0.347. The third kappa shape index (κ3) is 9.18. The lowest BCUT2D eigenvalue weighted by Gasteiger charge is -2.26. The number of carbonyl (C=O) groups is 1. The van der Waals surface area contributed by atoms with Crippen molar-refractivity contribution in [1.29, 1.82) is 0 Å². The first-order chi connectivity index (χ1) is 9.60. The molecule has 0 unspecified atom stereocenters. The van der Waals surface area contributed by atoms with Gasteiger partial charge in [-0.3, -0.25) is 4.90 Å². The van der Waals surface area contributed by atoms with Gasteiger partial charge in [0.05, 0.1) is 35.7 Å². The predicted molar refractivity (Wildman–Crippen MR) is 84.0 cm³/mol. The maximum atomic E-state index is 12.3. The van der Waals surface area contributed by atoms with E-state index in [4.69, 9.17) is 4.74 Å². The monoisotopic (exact) mass is 422 g/mol. The van der Waals surface area contributed by atoms with Crippen molar-refractivity contribution < 1.29 is 22.7 Å².